The fraction of sp³-hybridized carbons (Fsp3) is 0.818. The summed E-state index contributed by atoms with van der Waals surface area (Å²) in [5, 5.41) is 20.8. The van der Waals surface area contributed by atoms with Crippen LogP contribution in [0.2, 0.25) is 0 Å². The smallest absolute Gasteiger partial charge is 0.407 e. The Hall–Kier alpha value is -1.30. The molecule has 0 aromatic heterocycles. The molecule has 0 saturated heterocycles. The summed E-state index contributed by atoms with van der Waals surface area (Å²) in [5.74, 6) is -2.07. The van der Waals surface area contributed by atoms with E-state index in [1.165, 1.54) is 13.8 Å². The van der Waals surface area contributed by atoms with Gasteiger partial charge in [-0.3, -0.25) is 4.79 Å². The standard InChI is InChI=1S/C11H21NO5/c1-6(9(14)15)8(13)7(2)12-10(16)17-11(3,4)5/h6-8,13H,1-5H3,(H,12,16)(H,14,15). The molecule has 0 bridgehead atoms. The molecule has 0 heterocycles. The Labute approximate surface area is 101 Å². The lowest BCUT2D eigenvalue weighted by molar-refractivity contribution is -0.145. The molecule has 17 heavy (non-hydrogen) atoms. The van der Waals surface area contributed by atoms with Gasteiger partial charge in [0.1, 0.15) is 5.60 Å². The topological polar surface area (TPSA) is 95.9 Å². The Morgan fingerprint density at radius 1 is 1.24 bits per heavy atom. The van der Waals surface area contributed by atoms with Crippen molar-refractivity contribution in [1.82, 2.24) is 5.32 Å². The number of carbonyl (C=O) groups excluding carboxylic acids is 1. The van der Waals surface area contributed by atoms with Gasteiger partial charge >= 0.3 is 12.1 Å². The van der Waals surface area contributed by atoms with Gasteiger partial charge in [-0.2, -0.15) is 0 Å². The monoisotopic (exact) mass is 247 g/mol. The van der Waals surface area contributed by atoms with Crippen LogP contribution in [0.5, 0.6) is 0 Å². The summed E-state index contributed by atoms with van der Waals surface area (Å²) >= 11 is 0. The van der Waals surface area contributed by atoms with E-state index in [9.17, 15) is 14.7 Å². The van der Waals surface area contributed by atoms with Crippen LogP contribution in [-0.2, 0) is 9.53 Å². The van der Waals surface area contributed by atoms with Crippen molar-refractivity contribution in [3.05, 3.63) is 0 Å². The highest BCUT2D eigenvalue weighted by atomic mass is 16.6. The van der Waals surface area contributed by atoms with Gasteiger partial charge in [-0.1, -0.05) is 0 Å². The molecule has 3 atom stereocenters. The third kappa shape index (κ3) is 6.11. The number of alkyl carbamates (subject to hydrolysis) is 1. The fourth-order valence-corrected chi connectivity index (χ4v) is 1.16. The lowest BCUT2D eigenvalue weighted by Gasteiger charge is -2.25. The highest BCUT2D eigenvalue weighted by Gasteiger charge is 2.28. The number of ether oxygens (including phenoxy) is 1. The van der Waals surface area contributed by atoms with E-state index in [2.05, 4.69) is 5.32 Å². The molecule has 0 aliphatic carbocycles. The zero-order chi connectivity index (χ0) is 13.8. The van der Waals surface area contributed by atoms with Crippen LogP contribution in [0.1, 0.15) is 34.6 Å². The van der Waals surface area contributed by atoms with Gasteiger partial charge in [-0.15, -0.1) is 0 Å². The van der Waals surface area contributed by atoms with Gasteiger partial charge in [0.05, 0.1) is 18.1 Å². The second kappa shape index (κ2) is 5.86. The van der Waals surface area contributed by atoms with Crippen molar-refractivity contribution in [3.63, 3.8) is 0 Å². The Morgan fingerprint density at radius 2 is 1.71 bits per heavy atom. The summed E-state index contributed by atoms with van der Waals surface area (Å²) in [6.45, 7) is 8.04. The van der Waals surface area contributed by atoms with Crippen LogP contribution in [0.25, 0.3) is 0 Å². The highest BCUT2D eigenvalue weighted by Crippen LogP contribution is 2.10. The average molecular weight is 247 g/mol. The molecule has 0 aliphatic heterocycles. The maximum absolute atomic E-state index is 11.4. The van der Waals surface area contributed by atoms with Crippen LogP contribution in [0.3, 0.4) is 0 Å². The Balaban J connectivity index is 4.30. The lowest BCUT2D eigenvalue weighted by Crippen LogP contribution is -2.47. The van der Waals surface area contributed by atoms with Crippen molar-refractivity contribution in [1.29, 1.82) is 0 Å². The predicted octanol–water partition coefficient (Wildman–Crippen LogP) is 0.981. The predicted molar refractivity (Wildman–Crippen MR) is 61.6 cm³/mol. The van der Waals surface area contributed by atoms with Gasteiger partial charge in [0.25, 0.3) is 0 Å². The molecule has 0 rings (SSSR count). The van der Waals surface area contributed by atoms with Crippen LogP contribution in [0.4, 0.5) is 4.79 Å². The normalized spacial score (nSPS) is 16.8. The molecule has 0 aromatic carbocycles. The number of aliphatic carboxylic acids is 1. The third-order valence-corrected chi connectivity index (χ3v) is 2.16. The first-order chi connectivity index (χ1) is 7.54. The van der Waals surface area contributed by atoms with Gasteiger partial charge in [0, 0.05) is 0 Å². The summed E-state index contributed by atoms with van der Waals surface area (Å²) in [6, 6.07) is -0.698. The molecule has 3 N–H and O–H groups in total. The van der Waals surface area contributed by atoms with Crippen LogP contribution in [0, 0.1) is 5.92 Å². The Bertz CT molecular complexity index is 284. The quantitative estimate of drug-likeness (QED) is 0.688. The van der Waals surface area contributed by atoms with E-state index in [-0.39, 0.29) is 0 Å². The number of aliphatic hydroxyl groups excluding tert-OH is 1. The summed E-state index contributed by atoms with van der Waals surface area (Å²) in [7, 11) is 0. The second-order valence-corrected chi connectivity index (χ2v) is 5.05. The number of hydrogen-bond donors (Lipinski definition) is 3. The van der Waals surface area contributed by atoms with Gasteiger partial charge in [0.15, 0.2) is 0 Å². The maximum atomic E-state index is 11.4. The van der Waals surface area contributed by atoms with Crippen molar-refractivity contribution in [2.45, 2.75) is 52.4 Å². The van der Waals surface area contributed by atoms with Crippen LogP contribution >= 0.6 is 0 Å². The van der Waals surface area contributed by atoms with Crippen molar-refractivity contribution in [2.24, 2.45) is 5.92 Å². The van der Waals surface area contributed by atoms with Crippen molar-refractivity contribution in [3.8, 4) is 0 Å². The molecule has 0 spiro atoms. The first-order valence-electron chi connectivity index (χ1n) is 5.45. The zero-order valence-electron chi connectivity index (χ0n) is 10.9. The van der Waals surface area contributed by atoms with Crippen molar-refractivity contribution >= 4 is 12.1 Å². The number of rotatable bonds is 4. The van der Waals surface area contributed by atoms with E-state index in [0.717, 1.165) is 0 Å². The second-order valence-electron chi connectivity index (χ2n) is 5.05. The molecular formula is C11H21NO5. The summed E-state index contributed by atoms with van der Waals surface area (Å²) in [5.41, 5.74) is -0.632. The van der Waals surface area contributed by atoms with Gasteiger partial charge in [0.2, 0.25) is 0 Å². The van der Waals surface area contributed by atoms with Crippen LogP contribution in [0.15, 0.2) is 0 Å². The third-order valence-electron chi connectivity index (χ3n) is 2.16. The number of amides is 1. The minimum Gasteiger partial charge on any atom is -0.481 e. The summed E-state index contributed by atoms with van der Waals surface area (Å²) < 4.78 is 4.99. The maximum Gasteiger partial charge on any atom is 0.407 e. The van der Waals surface area contributed by atoms with E-state index < -0.39 is 35.7 Å². The van der Waals surface area contributed by atoms with Crippen molar-refractivity contribution < 1.29 is 24.5 Å². The molecule has 3 unspecified atom stereocenters. The zero-order valence-corrected chi connectivity index (χ0v) is 10.9. The molecule has 100 valence electrons. The van der Waals surface area contributed by atoms with E-state index >= 15 is 0 Å². The highest BCUT2D eigenvalue weighted by molar-refractivity contribution is 5.71. The molecule has 6 heteroatoms. The molecule has 1 amide bonds. The molecule has 0 saturated carbocycles. The van der Waals surface area contributed by atoms with Gasteiger partial charge in [-0.25, -0.2) is 4.79 Å². The number of carbonyl (C=O) groups is 2. The SMILES string of the molecule is CC(NC(=O)OC(C)(C)C)C(O)C(C)C(=O)O. The molecule has 0 radical (unpaired) electrons. The number of aliphatic hydroxyl groups is 1. The number of hydrogen-bond acceptors (Lipinski definition) is 4. The lowest BCUT2D eigenvalue weighted by atomic mass is 9.99. The number of carboxylic acid groups (broad SMARTS) is 1. The fourth-order valence-electron chi connectivity index (χ4n) is 1.16. The molecule has 0 fully saturated rings. The first-order valence-corrected chi connectivity index (χ1v) is 5.45. The Morgan fingerprint density at radius 3 is 2.06 bits per heavy atom. The van der Waals surface area contributed by atoms with Gasteiger partial charge in [-0.05, 0) is 34.6 Å². The van der Waals surface area contributed by atoms with E-state index in [0.29, 0.717) is 0 Å². The van der Waals surface area contributed by atoms with E-state index in [1.807, 2.05) is 0 Å². The Kier molecular flexibility index (Phi) is 5.41. The van der Waals surface area contributed by atoms with Crippen LogP contribution < -0.4 is 5.32 Å². The molecule has 0 aliphatic rings. The van der Waals surface area contributed by atoms with Crippen molar-refractivity contribution in [2.75, 3.05) is 0 Å². The van der Waals surface area contributed by atoms with E-state index in [4.69, 9.17) is 9.84 Å². The molecular weight excluding hydrogens is 226 g/mol. The largest absolute Gasteiger partial charge is 0.481 e. The molecule has 0 aromatic rings. The molecule has 6 nitrogen and oxygen atoms in total. The average Bonchev–Trinajstić information content (AvgIpc) is 2.11. The minimum atomic E-state index is -1.17. The minimum absolute atomic E-state index is 0.632. The van der Waals surface area contributed by atoms with Gasteiger partial charge < -0.3 is 20.3 Å². The first kappa shape index (κ1) is 15.7. The summed E-state index contributed by atoms with van der Waals surface area (Å²) in [6.07, 6.45) is -1.85. The number of nitrogens with one attached hydrogen (secondary N) is 1. The van der Waals surface area contributed by atoms with Crippen LogP contribution in [-0.4, -0.2) is 40.0 Å². The van der Waals surface area contributed by atoms with E-state index in [1.54, 1.807) is 20.8 Å². The number of carboxylic acids is 1. The summed E-state index contributed by atoms with van der Waals surface area (Å²) in [4.78, 5) is 22.0.